The zero-order valence-corrected chi connectivity index (χ0v) is 15.1. The molecule has 1 aliphatic carbocycles. The number of phenolic OH excluding ortho intramolecular Hbond substituents is 1. The number of carbonyl (C=O) groups excluding carboxylic acids is 1. The zero-order valence-electron chi connectivity index (χ0n) is 15.1. The summed E-state index contributed by atoms with van der Waals surface area (Å²) in [5.41, 5.74) is 4.16. The summed E-state index contributed by atoms with van der Waals surface area (Å²) in [4.78, 5) is 12.3. The summed E-state index contributed by atoms with van der Waals surface area (Å²) in [6.45, 7) is 2.40. The molecule has 1 aliphatic heterocycles. The number of phenols is 1. The fraction of sp³-hybridized carbons (Fsp3) is 0.381. The third-order valence-electron chi connectivity index (χ3n) is 5.67. The molecular weight excluding hydrogens is 332 g/mol. The van der Waals surface area contributed by atoms with Crippen molar-refractivity contribution in [2.24, 2.45) is 11.8 Å². The summed E-state index contributed by atoms with van der Waals surface area (Å²) in [7, 11) is 3.18. The van der Waals surface area contributed by atoms with Crippen LogP contribution in [0, 0.1) is 18.8 Å². The molecule has 1 heterocycles. The van der Waals surface area contributed by atoms with Gasteiger partial charge in [-0.25, -0.2) is 0 Å². The van der Waals surface area contributed by atoms with Gasteiger partial charge in [0.25, 0.3) is 0 Å². The highest BCUT2D eigenvalue weighted by Gasteiger charge is 2.47. The summed E-state index contributed by atoms with van der Waals surface area (Å²) in [6, 6.07) is 9.72. The van der Waals surface area contributed by atoms with E-state index >= 15 is 0 Å². The number of esters is 1. The van der Waals surface area contributed by atoms with Crippen LogP contribution < -0.4 is 9.47 Å². The van der Waals surface area contributed by atoms with Gasteiger partial charge in [-0.3, -0.25) is 4.79 Å². The lowest BCUT2D eigenvalue weighted by Crippen LogP contribution is -2.31. The summed E-state index contributed by atoms with van der Waals surface area (Å²) >= 11 is 0. The highest BCUT2D eigenvalue weighted by molar-refractivity contribution is 5.77. The van der Waals surface area contributed by atoms with Gasteiger partial charge in [0.1, 0.15) is 5.75 Å². The molecule has 1 saturated heterocycles. The Morgan fingerprint density at radius 1 is 1.12 bits per heavy atom. The molecule has 2 aromatic carbocycles. The fourth-order valence-corrected chi connectivity index (χ4v) is 4.32. The fourth-order valence-electron chi connectivity index (χ4n) is 4.32. The Morgan fingerprint density at radius 2 is 1.88 bits per heavy atom. The first-order valence-electron chi connectivity index (χ1n) is 8.74. The quantitative estimate of drug-likeness (QED) is 0.858. The van der Waals surface area contributed by atoms with Crippen molar-refractivity contribution in [3.63, 3.8) is 0 Å². The summed E-state index contributed by atoms with van der Waals surface area (Å²) in [5.74, 6) is 1.05. The number of aryl methyl sites for hydroxylation is 1. The van der Waals surface area contributed by atoms with Crippen LogP contribution in [0.2, 0.25) is 0 Å². The van der Waals surface area contributed by atoms with Gasteiger partial charge in [-0.15, -0.1) is 0 Å². The number of fused-ring (bicyclic) bond motifs is 2. The van der Waals surface area contributed by atoms with Crippen molar-refractivity contribution < 1.29 is 24.1 Å². The largest absolute Gasteiger partial charge is 0.504 e. The van der Waals surface area contributed by atoms with Gasteiger partial charge in [-0.2, -0.15) is 0 Å². The number of aromatic hydroxyl groups is 1. The van der Waals surface area contributed by atoms with Crippen molar-refractivity contribution >= 4 is 5.97 Å². The molecule has 5 nitrogen and oxygen atoms in total. The molecule has 3 atom stereocenters. The molecule has 1 fully saturated rings. The summed E-state index contributed by atoms with van der Waals surface area (Å²) in [6.07, 6.45) is 0.606. The van der Waals surface area contributed by atoms with E-state index in [0.29, 0.717) is 18.8 Å². The Balaban J connectivity index is 1.89. The number of cyclic esters (lactones) is 1. The first-order chi connectivity index (χ1) is 12.5. The molecule has 1 N–H and O–H groups in total. The molecule has 2 aliphatic rings. The number of hydrogen-bond acceptors (Lipinski definition) is 5. The zero-order chi connectivity index (χ0) is 18.4. The van der Waals surface area contributed by atoms with Crippen LogP contribution in [0.25, 0.3) is 0 Å². The number of rotatable bonds is 3. The van der Waals surface area contributed by atoms with E-state index in [0.717, 1.165) is 28.0 Å². The number of ether oxygens (including phenoxy) is 3. The van der Waals surface area contributed by atoms with E-state index in [1.807, 2.05) is 25.1 Å². The van der Waals surface area contributed by atoms with Gasteiger partial charge in [0.05, 0.1) is 26.7 Å². The molecule has 0 bridgehead atoms. The van der Waals surface area contributed by atoms with Crippen molar-refractivity contribution in [1.29, 1.82) is 0 Å². The van der Waals surface area contributed by atoms with E-state index < -0.39 is 0 Å². The first-order valence-corrected chi connectivity index (χ1v) is 8.74. The predicted molar refractivity (Wildman–Crippen MR) is 95.9 cm³/mol. The lowest BCUT2D eigenvalue weighted by Gasteiger charge is -2.34. The number of hydrogen-bond donors (Lipinski definition) is 1. The average molecular weight is 354 g/mol. The van der Waals surface area contributed by atoms with Gasteiger partial charge in [-0.05, 0) is 53.8 Å². The van der Waals surface area contributed by atoms with Gasteiger partial charge >= 0.3 is 5.97 Å². The Hall–Kier alpha value is -2.69. The molecule has 0 aromatic heterocycles. The average Bonchev–Trinajstić information content (AvgIpc) is 3.00. The minimum atomic E-state index is -0.172. The maximum atomic E-state index is 12.3. The minimum absolute atomic E-state index is 0.0403. The van der Waals surface area contributed by atoms with E-state index in [4.69, 9.17) is 14.2 Å². The summed E-state index contributed by atoms with van der Waals surface area (Å²) < 4.78 is 16.1. The molecule has 3 unspecified atom stereocenters. The van der Waals surface area contributed by atoms with Crippen LogP contribution in [-0.4, -0.2) is 31.9 Å². The Morgan fingerprint density at radius 3 is 2.62 bits per heavy atom. The minimum Gasteiger partial charge on any atom is -0.504 e. The molecule has 0 spiro atoms. The van der Waals surface area contributed by atoms with Gasteiger partial charge < -0.3 is 19.3 Å². The second kappa shape index (κ2) is 6.24. The van der Waals surface area contributed by atoms with Crippen LogP contribution in [-0.2, 0) is 16.0 Å². The Labute approximate surface area is 152 Å². The highest BCUT2D eigenvalue weighted by Crippen LogP contribution is 2.49. The number of methoxy groups -OCH3 is 2. The normalized spacial score (nSPS) is 23.8. The van der Waals surface area contributed by atoms with Gasteiger partial charge in [0.2, 0.25) is 0 Å². The van der Waals surface area contributed by atoms with E-state index in [1.165, 1.54) is 7.11 Å². The molecule has 0 saturated carbocycles. The van der Waals surface area contributed by atoms with Crippen LogP contribution in [0.4, 0.5) is 0 Å². The lowest BCUT2D eigenvalue weighted by molar-refractivity contribution is -0.141. The van der Waals surface area contributed by atoms with Crippen LogP contribution in [0.5, 0.6) is 17.2 Å². The molecule has 26 heavy (non-hydrogen) atoms. The van der Waals surface area contributed by atoms with Crippen molar-refractivity contribution in [2.45, 2.75) is 19.3 Å². The predicted octanol–water partition coefficient (Wildman–Crippen LogP) is 3.20. The topological polar surface area (TPSA) is 65.0 Å². The van der Waals surface area contributed by atoms with Crippen molar-refractivity contribution in [3.8, 4) is 17.2 Å². The highest BCUT2D eigenvalue weighted by atomic mass is 16.5. The van der Waals surface area contributed by atoms with Crippen LogP contribution in [0.15, 0.2) is 30.3 Å². The third kappa shape index (κ3) is 2.50. The van der Waals surface area contributed by atoms with Gasteiger partial charge in [0.15, 0.2) is 11.5 Å². The van der Waals surface area contributed by atoms with E-state index in [2.05, 4.69) is 6.07 Å². The molecule has 4 rings (SSSR count). The SMILES string of the molecule is COc1cc(C2c3cc(O)c(OC)cc3CC3C(=O)OCC32)ccc1C. The molecule has 5 heteroatoms. The monoisotopic (exact) mass is 354 g/mol. The molecule has 0 radical (unpaired) electrons. The second-order valence-electron chi connectivity index (χ2n) is 7.03. The Bertz CT molecular complexity index is 873. The maximum absolute atomic E-state index is 12.3. The third-order valence-corrected chi connectivity index (χ3v) is 5.67. The van der Waals surface area contributed by atoms with Gasteiger partial charge in [-0.1, -0.05) is 12.1 Å². The maximum Gasteiger partial charge on any atom is 0.309 e. The first kappa shape index (κ1) is 16.8. The Kier molecular flexibility index (Phi) is 4.02. The standard InChI is InChI=1S/C21H22O5/c1-11-4-5-12(7-18(11)24-2)20-14-9-17(22)19(25-3)8-13(14)6-15-16(20)10-26-21(15)23/h4-5,7-9,15-16,20,22H,6,10H2,1-3H3. The second-order valence-corrected chi connectivity index (χ2v) is 7.03. The number of carbonyl (C=O) groups is 1. The number of benzene rings is 2. The molecule has 136 valence electrons. The van der Waals surface area contributed by atoms with Crippen LogP contribution >= 0.6 is 0 Å². The lowest BCUT2D eigenvalue weighted by atomic mass is 9.67. The van der Waals surface area contributed by atoms with Gasteiger partial charge in [0, 0.05) is 11.8 Å². The smallest absolute Gasteiger partial charge is 0.309 e. The van der Waals surface area contributed by atoms with Crippen LogP contribution in [0.1, 0.15) is 28.2 Å². The van der Waals surface area contributed by atoms with E-state index in [9.17, 15) is 9.90 Å². The summed E-state index contributed by atoms with van der Waals surface area (Å²) in [5, 5.41) is 10.3. The molecule has 2 aromatic rings. The van der Waals surface area contributed by atoms with Crippen molar-refractivity contribution in [2.75, 3.05) is 20.8 Å². The molecule has 0 amide bonds. The van der Waals surface area contributed by atoms with Crippen molar-refractivity contribution in [3.05, 3.63) is 52.6 Å². The molecular formula is C21H22O5. The van der Waals surface area contributed by atoms with E-state index in [1.54, 1.807) is 13.2 Å². The van der Waals surface area contributed by atoms with E-state index in [-0.39, 0.29) is 29.5 Å². The van der Waals surface area contributed by atoms with Crippen LogP contribution in [0.3, 0.4) is 0 Å². The van der Waals surface area contributed by atoms with Crippen molar-refractivity contribution in [1.82, 2.24) is 0 Å².